The summed E-state index contributed by atoms with van der Waals surface area (Å²) in [5.41, 5.74) is 6.26. The smallest absolute Gasteiger partial charge is 0.0988 e. The van der Waals surface area contributed by atoms with Gasteiger partial charge in [0, 0.05) is 30.4 Å². The van der Waals surface area contributed by atoms with Crippen molar-refractivity contribution >= 4 is 38.5 Å². The molecular weight excluding hydrogens is 332 g/mol. The van der Waals surface area contributed by atoms with Gasteiger partial charge in [-0.2, -0.15) is 0 Å². The summed E-state index contributed by atoms with van der Waals surface area (Å²) in [6, 6.07) is 17.4. The number of hydrogen-bond donors (Lipinski definition) is 0. The van der Waals surface area contributed by atoms with Crippen molar-refractivity contribution in [3.63, 3.8) is 0 Å². The second-order valence-corrected chi connectivity index (χ2v) is 7.84. The number of hydrogen-bond acceptors (Lipinski definition) is 3. The highest BCUT2D eigenvalue weighted by molar-refractivity contribution is 6.16. The molecule has 138 valence electrons. The Morgan fingerprint density at radius 2 is 1.74 bits per heavy atom. The molecule has 0 saturated heterocycles. The summed E-state index contributed by atoms with van der Waals surface area (Å²) in [5.74, 6) is 0. The zero-order valence-electron chi connectivity index (χ0n) is 16.2. The van der Waals surface area contributed by atoms with Crippen molar-refractivity contribution in [2.24, 2.45) is 0 Å². The number of rotatable bonds is 4. The minimum atomic E-state index is 1.06. The van der Waals surface area contributed by atoms with Crippen LogP contribution in [0.15, 0.2) is 48.5 Å². The third-order valence-electron chi connectivity index (χ3n) is 5.72. The average molecular weight is 358 g/mol. The molecule has 27 heavy (non-hydrogen) atoms. The van der Waals surface area contributed by atoms with Gasteiger partial charge in [0.15, 0.2) is 0 Å². The Bertz CT molecular complexity index is 1130. The highest BCUT2D eigenvalue weighted by atomic mass is 15.2. The van der Waals surface area contributed by atoms with Crippen LogP contribution in [0.25, 0.3) is 32.8 Å². The summed E-state index contributed by atoms with van der Waals surface area (Å²) in [5, 5.41) is 2.55. The van der Waals surface area contributed by atoms with Crippen LogP contribution in [-0.2, 0) is 6.54 Å². The Kier molecular flexibility index (Phi) is 4.01. The molecule has 1 aliphatic heterocycles. The van der Waals surface area contributed by atoms with Crippen LogP contribution in [0.5, 0.6) is 0 Å². The van der Waals surface area contributed by atoms with E-state index in [9.17, 15) is 0 Å². The SMILES string of the molecule is CN(C)CCCN1CCCn2c3ccccc3c3nc4ccccc4c1c32. The normalized spacial score (nSPS) is 14.6. The van der Waals surface area contributed by atoms with Crippen LogP contribution in [0.2, 0.25) is 0 Å². The number of fused-ring (bicyclic) bond motifs is 5. The Balaban J connectivity index is 1.80. The quantitative estimate of drug-likeness (QED) is 0.537. The maximum Gasteiger partial charge on any atom is 0.0988 e. The number of para-hydroxylation sites is 2. The van der Waals surface area contributed by atoms with E-state index in [2.05, 4.69) is 77.0 Å². The Morgan fingerprint density at radius 3 is 2.59 bits per heavy atom. The van der Waals surface area contributed by atoms with Gasteiger partial charge >= 0.3 is 0 Å². The van der Waals surface area contributed by atoms with Crippen LogP contribution in [0.3, 0.4) is 0 Å². The second kappa shape index (κ2) is 6.54. The number of pyridine rings is 1. The van der Waals surface area contributed by atoms with Gasteiger partial charge < -0.3 is 14.4 Å². The van der Waals surface area contributed by atoms with Crippen LogP contribution >= 0.6 is 0 Å². The van der Waals surface area contributed by atoms with Crippen LogP contribution < -0.4 is 4.90 Å². The first kappa shape index (κ1) is 16.6. The van der Waals surface area contributed by atoms with Crippen molar-refractivity contribution in [3.8, 4) is 0 Å². The van der Waals surface area contributed by atoms with E-state index in [0.717, 1.165) is 37.2 Å². The molecule has 4 aromatic rings. The van der Waals surface area contributed by atoms with Crippen molar-refractivity contribution < 1.29 is 0 Å². The summed E-state index contributed by atoms with van der Waals surface area (Å²) < 4.78 is 2.51. The molecule has 5 rings (SSSR count). The summed E-state index contributed by atoms with van der Waals surface area (Å²) in [6.45, 7) is 4.36. The van der Waals surface area contributed by atoms with Gasteiger partial charge in [0.2, 0.25) is 0 Å². The maximum atomic E-state index is 5.10. The van der Waals surface area contributed by atoms with Crippen molar-refractivity contribution in [1.29, 1.82) is 0 Å². The van der Waals surface area contributed by atoms with E-state index in [4.69, 9.17) is 4.98 Å². The van der Waals surface area contributed by atoms with Gasteiger partial charge in [-0.1, -0.05) is 36.4 Å². The molecule has 0 atom stereocenters. The summed E-state index contributed by atoms with van der Waals surface area (Å²) in [7, 11) is 4.31. The molecule has 0 aliphatic carbocycles. The molecule has 0 bridgehead atoms. The highest BCUT2D eigenvalue weighted by Crippen LogP contribution is 2.40. The first-order chi connectivity index (χ1) is 13.2. The molecule has 2 aromatic heterocycles. The number of nitrogens with zero attached hydrogens (tertiary/aromatic N) is 4. The number of aromatic nitrogens is 2. The molecule has 0 unspecified atom stereocenters. The van der Waals surface area contributed by atoms with Gasteiger partial charge in [-0.25, -0.2) is 4.98 Å². The lowest BCUT2D eigenvalue weighted by atomic mass is 10.1. The molecule has 0 N–H and O–H groups in total. The molecule has 0 fully saturated rings. The molecule has 0 amide bonds. The fourth-order valence-corrected chi connectivity index (χ4v) is 4.54. The molecule has 2 aromatic carbocycles. The minimum Gasteiger partial charge on any atom is -0.369 e. The van der Waals surface area contributed by atoms with Gasteiger partial charge in [0.1, 0.15) is 0 Å². The van der Waals surface area contributed by atoms with E-state index >= 15 is 0 Å². The summed E-state index contributed by atoms with van der Waals surface area (Å²) >= 11 is 0. The number of aryl methyl sites for hydroxylation is 1. The van der Waals surface area contributed by atoms with Crippen molar-refractivity contribution in [2.45, 2.75) is 19.4 Å². The predicted octanol–water partition coefficient (Wildman–Crippen LogP) is 4.50. The number of anilines is 1. The third-order valence-corrected chi connectivity index (χ3v) is 5.72. The largest absolute Gasteiger partial charge is 0.369 e. The molecule has 4 nitrogen and oxygen atoms in total. The van der Waals surface area contributed by atoms with Crippen LogP contribution in [0, 0.1) is 0 Å². The highest BCUT2D eigenvalue weighted by Gasteiger charge is 2.24. The first-order valence-corrected chi connectivity index (χ1v) is 9.93. The van der Waals surface area contributed by atoms with Crippen LogP contribution in [0.4, 0.5) is 5.69 Å². The Labute approximate surface area is 160 Å². The van der Waals surface area contributed by atoms with Crippen LogP contribution in [-0.4, -0.2) is 48.2 Å². The summed E-state index contributed by atoms with van der Waals surface area (Å²) in [4.78, 5) is 9.98. The topological polar surface area (TPSA) is 24.3 Å². The molecule has 0 saturated carbocycles. The average Bonchev–Trinajstić information content (AvgIpc) is 2.85. The second-order valence-electron chi connectivity index (χ2n) is 7.84. The van der Waals surface area contributed by atoms with E-state index < -0.39 is 0 Å². The van der Waals surface area contributed by atoms with Gasteiger partial charge in [0.25, 0.3) is 0 Å². The third kappa shape index (κ3) is 2.67. The lowest BCUT2D eigenvalue weighted by molar-refractivity contribution is 0.400. The minimum absolute atomic E-state index is 1.06. The molecule has 0 radical (unpaired) electrons. The van der Waals surface area contributed by atoms with E-state index in [1.807, 2.05) is 0 Å². The molecular formula is C23H26N4. The van der Waals surface area contributed by atoms with Crippen molar-refractivity contribution in [2.75, 3.05) is 38.6 Å². The maximum absolute atomic E-state index is 5.10. The van der Waals surface area contributed by atoms with Crippen molar-refractivity contribution in [1.82, 2.24) is 14.5 Å². The predicted molar refractivity (Wildman–Crippen MR) is 115 cm³/mol. The first-order valence-electron chi connectivity index (χ1n) is 9.93. The van der Waals surface area contributed by atoms with Crippen LogP contribution in [0.1, 0.15) is 12.8 Å². The zero-order chi connectivity index (χ0) is 18.4. The standard InChI is InChI=1S/C23H26N4/c1-25(2)13-7-14-26-15-8-16-27-20-12-6-4-10-18(20)21-23(27)22(26)17-9-3-5-11-19(17)24-21/h3-6,9-12H,7-8,13-16H2,1-2H3. The van der Waals surface area contributed by atoms with Gasteiger partial charge in [0.05, 0.1) is 27.8 Å². The molecule has 1 aliphatic rings. The fourth-order valence-electron chi connectivity index (χ4n) is 4.54. The molecule has 0 spiro atoms. The van der Waals surface area contributed by atoms with E-state index in [1.165, 1.54) is 40.3 Å². The molecule has 3 heterocycles. The fraction of sp³-hybridized carbons (Fsp3) is 0.348. The summed E-state index contributed by atoms with van der Waals surface area (Å²) in [6.07, 6.45) is 2.34. The Hall–Kier alpha value is -2.59. The van der Waals surface area contributed by atoms with Gasteiger partial charge in [-0.05, 0) is 45.6 Å². The Morgan fingerprint density at radius 1 is 0.963 bits per heavy atom. The monoisotopic (exact) mass is 358 g/mol. The lowest BCUT2D eigenvalue weighted by Gasteiger charge is -2.26. The lowest BCUT2D eigenvalue weighted by Crippen LogP contribution is -2.28. The van der Waals surface area contributed by atoms with Gasteiger partial charge in [-0.3, -0.25) is 0 Å². The van der Waals surface area contributed by atoms with Gasteiger partial charge in [-0.15, -0.1) is 0 Å². The van der Waals surface area contributed by atoms with E-state index in [0.29, 0.717) is 0 Å². The zero-order valence-corrected chi connectivity index (χ0v) is 16.2. The van der Waals surface area contributed by atoms with E-state index in [-0.39, 0.29) is 0 Å². The van der Waals surface area contributed by atoms with Crippen molar-refractivity contribution in [3.05, 3.63) is 48.5 Å². The number of benzene rings is 2. The van der Waals surface area contributed by atoms with E-state index in [1.54, 1.807) is 0 Å². The molecule has 4 heteroatoms.